The number of rotatable bonds is 3. The van der Waals surface area contributed by atoms with E-state index in [4.69, 9.17) is 0 Å². The van der Waals surface area contributed by atoms with Crippen LogP contribution in [0.15, 0.2) is 54.9 Å². The zero-order valence-corrected chi connectivity index (χ0v) is 16.8. The van der Waals surface area contributed by atoms with Gasteiger partial charge in [0.25, 0.3) is 0 Å². The SMILES string of the molecule is CN(C(=O)N1C=CN(c2cc(O)cc(O)c2)C1)C1CCN(c2ccc(O)cc2)CC1. The van der Waals surface area contributed by atoms with Crippen molar-refractivity contribution in [2.24, 2.45) is 0 Å². The van der Waals surface area contributed by atoms with Crippen molar-refractivity contribution >= 4 is 17.4 Å². The highest BCUT2D eigenvalue weighted by Crippen LogP contribution is 2.29. The third-order valence-electron chi connectivity index (χ3n) is 5.72. The maximum atomic E-state index is 13.0. The minimum absolute atomic E-state index is 0.0271. The van der Waals surface area contributed by atoms with Gasteiger partial charge in [-0.25, -0.2) is 4.79 Å². The summed E-state index contributed by atoms with van der Waals surface area (Å²) >= 11 is 0. The lowest BCUT2D eigenvalue weighted by Crippen LogP contribution is -2.49. The summed E-state index contributed by atoms with van der Waals surface area (Å²) in [5, 5.41) is 28.8. The van der Waals surface area contributed by atoms with Gasteiger partial charge >= 0.3 is 6.03 Å². The highest BCUT2D eigenvalue weighted by Gasteiger charge is 2.30. The molecule has 8 heteroatoms. The zero-order valence-electron chi connectivity index (χ0n) is 16.8. The predicted molar refractivity (Wildman–Crippen MR) is 115 cm³/mol. The fraction of sp³-hybridized carbons (Fsp3) is 0.318. The van der Waals surface area contributed by atoms with E-state index in [2.05, 4.69) is 4.90 Å². The third-order valence-corrected chi connectivity index (χ3v) is 5.72. The van der Waals surface area contributed by atoms with Crippen LogP contribution in [0, 0.1) is 0 Å². The van der Waals surface area contributed by atoms with E-state index < -0.39 is 0 Å². The van der Waals surface area contributed by atoms with Crippen LogP contribution in [-0.4, -0.2) is 64.0 Å². The maximum absolute atomic E-state index is 13.0. The van der Waals surface area contributed by atoms with Gasteiger partial charge in [-0.3, -0.25) is 4.90 Å². The van der Waals surface area contributed by atoms with Gasteiger partial charge in [-0.1, -0.05) is 0 Å². The number of benzene rings is 2. The highest BCUT2D eigenvalue weighted by atomic mass is 16.3. The first-order valence-electron chi connectivity index (χ1n) is 9.96. The van der Waals surface area contributed by atoms with Crippen LogP contribution in [0.25, 0.3) is 0 Å². The van der Waals surface area contributed by atoms with E-state index in [-0.39, 0.29) is 29.3 Å². The first-order valence-corrected chi connectivity index (χ1v) is 9.96. The molecule has 0 spiro atoms. The van der Waals surface area contributed by atoms with Gasteiger partial charge in [-0.05, 0) is 37.1 Å². The van der Waals surface area contributed by atoms with Crippen LogP contribution in [0.1, 0.15) is 12.8 Å². The van der Waals surface area contributed by atoms with E-state index in [0.717, 1.165) is 31.6 Å². The number of carbonyl (C=O) groups is 1. The van der Waals surface area contributed by atoms with Crippen molar-refractivity contribution in [3.8, 4) is 17.2 Å². The van der Waals surface area contributed by atoms with Gasteiger partial charge in [0, 0.05) is 68.2 Å². The van der Waals surface area contributed by atoms with Gasteiger partial charge in [0.1, 0.15) is 23.9 Å². The molecule has 2 amide bonds. The van der Waals surface area contributed by atoms with E-state index in [1.54, 1.807) is 51.4 Å². The Balaban J connectivity index is 1.33. The van der Waals surface area contributed by atoms with Crippen molar-refractivity contribution in [1.82, 2.24) is 9.80 Å². The molecular formula is C22H26N4O4. The van der Waals surface area contributed by atoms with E-state index in [1.165, 1.54) is 6.07 Å². The lowest BCUT2D eigenvalue weighted by atomic mass is 10.0. The summed E-state index contributed by atoms with van der Waals surface area (Å²) in [6, 6.07) is 11.6. The number of aromatic hydroxyl groups is 3. The zero-order chi connectivity index (χ0) is 21.3. The van der Waals surface area contributed by atoms with Crippen LogP contribution in [-0.2, 0) is 0 Å². The molecule has 0 radical (unpaired) electrons. The molecule has 2 heterocycles. The molecule has 3 N–H and O–H groups in total. The summed E-state index contributed by atoms with van der Waals surface area (Å²) in [6.07, 6.45) is 5.20. The average Bonchev–Trinajstić information content (AvgIpc) is 3.23. The predicted octanol–water partition coefficient (Wildman–Crippen LogP) is 3.07. The minimum Gasteiger partial charge on any atom is -0.508 e. The van der Waals surface area contributed by atoms with Crippen LogP contribution in [0.3, 0.4) is 0 Å². The number of hydrogen-bond donors (Lipinski definition) is 3. The van der Waals surface area contributed by atoms with Gasteiger partial charge in [-0.2, -0.15) is 0 Å². The monoisotopic (exact) mass is 410 g/mol. The van der Waals surface area contributed by atoms with Crippen LogP contribution in [0.5, 0.6) is 17.2 Å². The molecule has 2 aromatic rings. The van der Waals surface area contributed by atoms with Crippen molar-refractivity contribution < 1.29 is 20.1 Å². The standard InChI is InChI=1S/C22H26N4O4/c1-23(16-6-8-24(9-7-16)17-2-4-19(27)5-3-17)22(30)26-11-10-25(15-26)18-12-20(28)14-21(29)13-18/h2-5,10-14,16,27-29H,6-9,15H2,1H3. The van der Waals surface area contributed by atoms with E-state index in [0.29, 0.717) is 12.4 Å². The Kier molecular flexibility index (Phi) is 5.31. The second-order valence-corrected chi connectivity index (χ2v) is 7.71. The summed E-state index contributed by atoms with van der Waals surface area (Å²) in [4.78, 5) is 20.4. The number of anilines is 2. The molecular weight excluding hydrogens is 384 g/mol. The quantitative estimate of drug-likeness (QED) is 0.721. The van der Waals surface area contributed by atoms with Crippen LogP contribution < -0.4 is 9.80 Å². The van der Waals surface area contributed by atoms with Gasteiger partial charge < -0.3 is 30.0 Å². The molecule has 0 aromatic heterocycles. The Labute approximate surface area is 175 Å². The van der Waals surface area contributed by atoms with Crippen molar-refractivity contribution in [1.29, 1.82) is 0 Å². The van der Waals surface area contributed by atoms with Crippen LogP contribution in [0.4, 0.5) is 16.2 Å². The number of hydrogen-bond acceptors (Lipinski definition) is 6. The van der Waals surface area contributed by atoms with Gasteiger partial charge in [0.05, 0.1) is 0 Å². The number of nitrogens with zero attached hydrogens (tertiary/aromatic N) is 4. The smallest absolute Gasteiger partial charge is 0.325 e. The molecule has 0 aliphatic carbocycles. The first kappa shape index (κ1) is 19.8. The Bertz CT molecular complexity index is 918. The lowest BCUT2D eigenvalue weighted by Gasteiger charge is -2.38. The van der Waals surface area contributed by atoms with Crippen LogP contribution in [0.2, 0.25) is 0 Å². The van der Waals surface area contributed by atoms with Crippen molar-refractivity contribution in [3.05, 3.63) is 54.9 Å². The van der Waals surface area contributed by atoms with E-state index >= 15 is 0 Å². The van der Waals surface area contributed by atoms with Crippen molar-refractivity contribution in [3.63, 3.8) is 0 Å². The molecule has 0 atom stereocenters. The summed E-state index contributed by atoms with van der Waals surface area (Å²) in [6.45, 7) is 2.01. The molecule has 2 aliphatic rings. The maximum Gasteiger partial charge on any atom is 0.325 e. The molecule has 4 rings (SSSR count). The number of phenols is 3. The summed E-state index contributed by atoms with van der Waals surface area (Å²) < 4.78 is 0. The fourth-order valence-electron chi connectivity index (χ4n) is 3.99. The average molecular weight is 410 g/mol. The second kappa shape index (κ2) is 8.06. The number of urea groups is 1. The molecule has 1 fully saturated rings. The normalized spacial score (nSPS) is 16.9. The first-order chi connectivity index (χ1) is 14.4. The molecule has 158 valence electrons. The number of phenolic OH excluding ortho intramolecular Hbond substituents is 3. The molecule has 0 saturated carbocycles. The highest BCUT2D eigenvalue weighted by molar-refractivity contribution is 5.77. The van der Waals surface area contributed by atoms with Crippen molar-refractivity contribution in [2.45, 2.75) is 18.9 Å². The number of amides is 2. The summed E-state index contributed by atoms with van der Waals surface area (Å²) in [5.41, 5.74) is 1.69. The van der Waals surface area contributed by atoms with E-state index in [1.807, 2.05) is 19.2 Å². The van der Waals surface area contributed by atoms with Crippen LogP contribution >= 0.6 is 0 Å². The van der Waals surface area contributed by atoms with Gasteiger partial charge in [0.2, 0.25) is 0 Å². The molecule has 2 aromatic carbocycles. The third kappa shape index (κ3) is 4.07. The fourth-order valence-corrected chi connectivity index (χ4v) is 3.99. The summed E-state index contributed by atoms with van der Waals surface area (Å²) in [5.74, 6) is 0.203. The summed E-state index contributed by atoms with van der Waals surface area (Å²) in [7, 11) is 1.83. The Morgan fingerprint density at radius 2 is 1.53 bits per heavy atom. The molecule has 30 heavy (non-hydrogen) atoms. The second-order valence-electron chi connectivity index (χ2n) is 7.71. The van der Waals surface area contributed by atoms with Crippen molar-refractivity contribution in [2.75, 3.05) is 36.6 Å². The molecule has 1 saturated heterocycles. The molecule has 2 aliphatic heterocycles. The number of carbonyl (C=O) groups excluding carboxylic acids is 1. The lowest BCUT2D eigenvalue weighted by molar-refractivity contribution is 0.156. The van der Waals surface area contributed by atoms with Gasteiger partial charge in [-0.15, -0.1) is 0 Å². The number of piperidine rings is 1. The molecule has 0 unspecified atom stereocenters. The Morgan fingerprint density at radius 1 is 0.900 bits per heavy atom. The minimum atomic E-state index is -0.0822. The van der Waals surface area contributed by atoms with E-state index in [9.17, 15) is 20.1 Å². The Hall–Kier alpha value is -3.55. The molecule has 0 bridgehead atoms. The molecule has 8 nitrogen and oxygen atoms in total. The topological polar surface area (TPSA) is 90.7 Å². The van der Waals surface area contributed by atoms with Gasteiger partial charge in [0.15, 0.2) is 0 Å². The Morgan fingerprint density at radius 3 is 2.17 bits per heavy atom. The largest absolute Gasteiger partial charge is 0.508 e.